The molecule has 0 aliphatic rings. The van der Waals surface area contributed by atoms with Crippen molar-refractivity contribution in [1.82, 2.24) is 9.78 Å². The number of ether oxygens (including phenoxy) is 1. The van der Waals surface area contributed by atoms with Gasteiger partial charge in [-0.05, 0) is 25.1 Å². The molecule has 0 fully saturated rings. The lowest BCUT2D eigenvalue weighted by Gasteiger charge is -2.10. The Hall–Kier alpha value is -1.07. The number of hydrogen-bond acceptors (Lipinski definition) is 2. The van der Waals surface area contributed by atoms with E-state index in [9.17, 15) is 4.39 Å². The lowest BCUT2D eigenvalue weighted by Crippen LogP contribution is -1.99. The van der Waals surface area contributed by atoms with Gasteiger partial charge in [-0.3, -0.25) is 4.68 Å². The quantitative estimate of drug-likeness (QED) is 0.782. The predicted molar refractivity (Wildman–Crippen MR) is 76.3 cm³/mol. The van der Waals surface area contributed by atoms with Gasteiger partial charge in [0, 0.05) is 23.5 Å². The van der Waals surface area contributed by atoms with Crippen molar-refractivity contribution in [3.05, 3.63) is 46.0 Å². The molecule has 0 atom stereocenters. The zero-order chi connectivity index (χ0) is 14.0. The number of aromatic nitrogens is 2. The van der Waals surface area contributed by atoms with Gasteiger partial charge in [0.1, 0.15) is 23.3 Å². The molecule has 0 unspecified atom stereocenters. The molecule has 2 aromatic rings. The van der Waals surface area contributed by atoms with Crippen molar-refractivity contribution in [2.24, 2.45) is 7.05 Å². The molecule has 102 valence electrons. The molecule has 0 saturated heterocycles. The summed E-state index contributed by atoms with van der Waals surface area (Å²) >= 11 is 9.44. The average molecular weight is 348 g/mol. The van der Waals surface area contributed by atoms with Crippen LogP contribution in [0.1, 0.15) is 16.8 Å². The fraction of sp³-hybridized carbons (Fsp3) is 0.308. The number of alkyl halides is 1. The van der Waals surface area contributed by atoms with Crippen LogP contribution in [0.25, 0.3) is 0 Å². The molecule has 1 heterocycles. The van der Waals surface area contributed by atoms with Gasteiger partial charge in [-0.15, -0.1) is 0 Å². The highest BCUT2D eigenvalue weighted by atomic mass is 79.9. The van der Waals surface area contributed by atoms with E-state index in [-0.39, 0.29) is 5.82 Å². The summed E-state index contributed by atoms with van der Waals surface area (Å²) in [6.07, 6.45) is 0. The Balaban J connectivity index is 2.19. The van der Waals surface area contributed by atoms with Crippen LogP contribution in [0.3, 0.4) is 0 Å². The van der Waals surface area contributed by atoms with Crippen LogP contribution in [-0.4, -0.2) is 9.78 Å². The first-order valence-corrected chi connectivity index (χ1v) is 7.18. The Bertz CT molecular complexity index is 601. The van der Waals surface area contributed by atoms with Gasteiger partial charge in [0.15, 0.2) is 0 Å². The van der Waals surface area contributed by atoms with E-state index in [1.165, 1.54) is 12.1 Å². The minimum atomic E-state index is -0.280. The first-order valence-electron chi connectivity index (χ1n) is 5.68. The molecule has 0 aliphatic carbocycles. The van der Waals surface area contributed by atoms with E-state index in [1.54, 1.807) is 17.8 Å². The van der Waals surface area contributed by atoms with Crippen molar-refractivity contribution in [3.63, 3.8) is 0 Å². The Kier molecular flexibility index (Phi) is 4.47. The van der Waals surface area contributed by atoms with Crippen LogP contribution in [-0.2, 0) is 19.0 Å². The normalized spacial score (nSPS) is 10.8. The van der Waals surface area contributed by atoms with Gasteiger partial charge in [0.2, 0.25) is 0 Å². The summed E-state index contributed by atoms with van der Waals surface area (Å²) in [6, 6.07) is 4.44. The van der Waals surface area contributed by atoms with Crippen LogP contribution in [0.4, 0.5) is 4.39 Å². The molecule has 1 aromatic heterocycles. The summed E-state index contributed by atoms with van der Waals surface area (Å²) in [5.41, 5.74) is 2.43. The number of benzene rings is 1. The van der Waals surface area contributed by atoms with Crippen molar-refractivity contribution < 1.29 is 9.13 Å². The van der Waals surface area contributed by atoms with Crippen molar-refractivity contribution >= 4 is 27.5 Å². The van der Waals surface area contributed by atoms with Gasteiger partial charge < -0.3 is 4.74 Å². The maximum absolute atomic E-state index is 13.1. The summed E-state index contributed by atoms with van der Waals surface area (Å²) in [5.74, 6) is 0.356. The second kappa shape index (κ2) is 5.92. The average Bonchev–Trinajstić information content (AvgIpc) is 2.62. The summed E-state index contributed by atoms with van der Waals surface area (Å²) in [5, 5.41) is 5.30. The van der Waals surface area contributed by atoms with Crippen LogP contribution >= 0.6 is 27.5 Å². The minimum absolute atomic E-state index is 0.280. The van der Waals surface area contributed by atoms with Crippen molar-refractivity contribution in [3.8, 4) is 5.75 Å². The standard InChI is InChI=1S/C13H13BrClFN2O/c1-8-11(13(15)18(2)17-8)7-19-12-4-3-10(16)5-9(12)6-14/h3-5H,6-7H2,1-2H3. The highest BCUT2D eigenvalue weighted by molar-refractivity contribution is 9.08. The largest absolute Gasteiger partial charge is 0.488 e. The Labute approximate surface area is 124 Å². The number of rotatable bonds is 4. The Morgan fingerprint density at radius 1 is 1.47 bits per heavy atom. The van der Waals surface area contributed by atoms with E-state index in [0.717, 1.165) is 16.8 Å². The van der Waals surface area contributed by atoms with E-state index in [2.05, 4.69) is 21.0 Å². The Morgan fingerprint density at radius 2 is 2.21 bits per heavy atom. The van der Waals surface area contributed by atoms with Crippen LogP contribution in [0.5, 0.6) is 5.75 Å². The third-order valence-corrected chi connectivity index (χ3v) is 3.89. The second-order valence-corrected chi connectivity index (χ2v) is 5.07. The summed E-state index contributed by atoms with van der Waals surface area (Å²) in [7, 11) is 1.78. The fourth-order valence-electron chi connectivity index (χ4n) is 1.78. The van der Waals surface area contributed by atoms with Crippen LogP contribution < -0.4 is 4.74 Å². The van der Waals surface area contributed by atoms with Crippen molar-refractivity contribution in [2.75, 3.05) is 0 Å². The molecule has 0 N–H and O–H groups in total. The lowest BCUT2D eigenvalue weighted by atomic mass is 10.2. The van der Waals surface area contributed by atoms with E-state index in [1.807, 2.05) is 6.92 Å². The molecule has 0 amide bonds. The van der Waals surface area contributed by atoms with E-state index in [0.29, 0.717) is 22.8 Å². The first-order chi connectivity index (χ1) is 9.02. The topological polar surface area (TPSA) is 27.1 Å². The molecule has 3 nitrogen and oxygen atoms in total. The highest BCUT2D eigenvalue weighted by Gasteiger charge is 2.13. The third-order valence-electron chi connectivity index (χ3n) is 2.81. The molecule has 19 heavy (non-hydrogen) atoms. The second-order valence-electron chi connectivity index (χ2n) is 4.15. The number of hydrogen-bond donors (Lipinski definition) is 0. The third kappa shape index (κ3) is 3.09. The van der Waals surface area contributed by atoms with Gasteiger partial charge in [0.05, 0.1) is 5.69 Å². The van der Waals surface area contributed by atoms with Crippen molar-refractivity contribution in [1.29, 1.82) is 0 Å². The molecule has 0 radical (unpaired) electrons. The van der Waals surface area contributed by atoms with Gasteiger partial charge >= 0.3 is 0 Å². The summed E-state index contributed by atoms with van der Waals surface area (Å²) in [6.45, 7) is 2.19. The smallest absolute Gasteiger partial charge is 0.133 e. The van der Waals surface area contributed by atoms with Crippen molar-refractivity contribution in [2.45, 2.75) is 18.9 Å². The van der Waals surface area contributed by atoms with Gasteiger partial charge in [-0.1, -0.05) is 27.5 Å². The molecular formula is C13H13BrClFN2O. The molecule has 1 aromatic carbocycles. The minimum Gasteiger partial charge on any atom is -0.488 e. The van der Waals surface area contributed by atoms with E-state index >= 15 is 0 Å². The van der Waals surface area contributed by atoms with Gasteiger partial charge in [-0.2, -0.15) is 5.10 Å². The number of nitrogens with zero attached hydrogens (tertiary/aromatic N) is 2. The molecule has 2 rings (SSSR count). The van der Waals surface area contributed by atoms with Crippen LogP contribution in [0.15, 0.2) is 18.2 Å². The molecule has 0 bridgehead atoms. The zero-order valence-electron chi connectivity index (χ0n) is 10.6. The fourth-order valence-corrected chi connectivity index (χ4v) is 2.45. The zero-order valence-corrected chi connectivity index (χ0v) is 12.9. The molecular weight excluding hydrogens is 335 g/mol. The Morgan fingerprint density at radius 3 is 2.79 bits per heavy atom. The lowest BCUT2D eigenvalue weighted by molar-refractivity contribution is 0.302. The molecule has 0 spiro atoms. The monoisotopic (exact) mass is 346 g/mol. The highest BCUT2D eigenvalue weighted by Crippen LogP contribution is 2.25. The maximum Gasteiger partial charge on any atom is 0.133 e. The van der Waals surface area contributed by atoms with Gasteiger partial charge in [-0.25, -0.2) is 4.39 Å². The van der Waals surface area contributed by atoms with Crippen LogP contribution in [0, 0.1) is 12.7 Å². The summed E-state index contributed by atoms with van der Waals surface area (Å²) < 4.78 is 20.4. The van der Waals surface area contributed by atoms with Crippen LogP contribution in [0.2, 0.25) is 5.15 Å². The molecule has 0 aliphatic heterocycles. The van der Waals surface area contributed by atoms with E-state index in [4.69, 9.17) is 16.3 Å². The number of aryl methyl sites for hydroxylation is 2. The van der Waals surface area contributed by atoms with Gasteiger partial charge in [0.25, 0.3) is 0 Å². The molecule has 6 heteroatoms. The summed E-state index contributed by atoms with van der Waals surface area (Å²) in [4.78, 5) is 0. The maximum atomic E-state index is 13.1. The molecule has 0 saturated carbocycles. The SMILES string of the molecule is Cc1nn(C)c(Cl)c1COc1ccc(F)cc1CBr. The number of halogens is 3. The first kappa shape index (κ1) is 14.3. The van der Waals surface area contributed by atoms with E-state index < -0.39 is 0 Å². The predicted octanol–water partition coefficient (Wildman–Crippen LogP) is 3.99.